The Labute approximate surface area is 98.7 Å². The van der Waals surface area contributed by atoms with Crippen LogP contribution in [-0.2, 0) is 9.47 Å². The Morgan fingerprint density at radius 1 is 1.25 bits per heavy atom. The van der Waals surface area contributed by atoms with Gasteiger partial charge in [-0.05, 0) is 32.2 Å². The van der Waals surface area contributed by atoms with Crippen LogP contribution in [-0.4, -0.2) is 31.5 Å². The van der Waals surface area contributed by atoms with Crippen molar-refractivity contribution in [2.24, 2.45) is 5.73 Å². The highest BCUT2D eigenvalue weighted by Crippen LogP contribution is 2.39. The zero-order chi connectivity index (χ0) is 11.3. The summed E-state index contributed by atoms with van der Waals surface area (Å²) >= 11 is 0. The number of ether oxygens (including phenoxy) is 2. The highest BCUT2D eigenvalue weighted by Gasteiger charge is 2.38. The van der Waals surface area contributed by atoms with Crippen LogP contribution in [0.5, 0.6) is 0 Å². The van der Waals surface area contributed by atoms with E-state index in [1.54, 1.807) is 0 Å². The Kier molecular flexibility index (Phi) is 4.62. The smallest absolute Gasteiger partial charge is 0.0707 e. The third-order valence-corrected chi connectivity index (χ3v) is 3.91. The van der Waals surface area contributed by atoms with E-state index in [4.69, 9.17) is 15.2 Å². The molecule has 3 heteroatoms. The van der Waals surface area contributed by atoms with Crippen LogP contribution in [0.15, 0.2) is 0 Å². The van der Waals surface area contributed by atoms with Crippen molar-refractivity contribution < 1.29 is 9.47 Å². The predicted molar refractivity (Wildman–Crippen MR) is 64.4 cm³/mol. The van der Waals surface area contributed by atoms with Crippen molar-refractivity contribution in [3.63, 3.8) is 0 Å². The fraction of sp³-hybridized carbons (Fsp3) is 1.00. The monoisotopic (exact) mass is 227 g/mol. The molecular weight excluding hydrogens is 202 g/mol. The summed E-state index contributed by atoms with van der Waals surface area (Å²) in [7, 11) is 0. The molecule has 2 fully saturated rings. The maximum absolute atomic E-state index is 6.04. The van der Waals surface area contributed by atoms with Gasteiger partial charge in [0.25, 0.3) is 0 Å². The number of rotatable bonds is 4. The molecule has 1 saturated heterocycles. The lowest BCUT2D eigenvalue weighted by molar-refractivity contribution is -0.148. The second-order valence-electron chi connectivity index (χ2n) is 5.22. The summed E-state index contributed by atoms with van der Waals surface area (Å²) in [5.41, 5.74) is 5.65. The van der Waals surface area contributed by atoms with Gasteiger partial charge in [-0.15, -0.1) is 0 Å². The van der Waals surface area contributed by atoms with Gasteiger partial charge in [0.2, 0.25) is 0 Å². The Morgan fingerprint density at radius 3 is 2.81 bits per heavy atom. The fourth-order valence-electron chi connectivity index (χ4n) is 3.00. The SMILES string of the molecule is NCCCOC1CCOC2(CCCCC2)C1. The summed E-state index contributed by atoms with van der Waals surface area (Å²) in [6.45, 7) is 2.43. The van der Waals surface area contributed by atoms with E-state index in [0.29, 0.717) is 6.10 Å². The van der Waals surface area contributed by atoms with Crippen LogP contribution >= 0.6 is 0 Å². The quantitative estimate of drug-likeness (QED) is 0.749. The molecule has 0 amide bonds. The first-order valence-electron chi connectivity index (χ1n) is 6.80. The van der Waals surface area contributed by atoms with Crippen LogP contribution < -0.4 is 5.73 Å². The molecule has 2 rings (SSSR count). The predicted octanol–water partition coefficient (Wildman–Crippen LogP) is 2.23. The molecule has 3 nitrogen and oxygen atoms in total. The van der Waals surface area contributed by atoms with E-state index in [1.807, 2.05) is 0 Å². The van der Waals surface area contributed by atoms with Crippen molar-refractivity contribution in [1.29, 1.82) is 0 Å². The molecule has 1 atom stereocenters. The fourth-order valence-corrected chi connectivity index (χ4v) is 3.00. The minimum Gasteiger partial charge on any atom is -0.378 e. The minimum atomic E-state index is 0.171. The van der Waals surface area contributed by atoms with Gasteiger partial charge in [0.1, 0.15) is 0 Å². The van der Waals surface area contributed by atoms with Crippen LogP contribution in [0.1, 0.15) is 51.4 Å². The number of hydrogen-bond acceptors (Lipinski definition) is 3. The molecular formula is C13H25NO2. The van der Waals surface area contributed by atoms with Crippen molar-refractivity contribution in [1.82, 2.24) is 0 Å². The lowest BCUT2D eigenvalue weighted by atomic mass is 9.79. The third kappa shape index (κ3) is 3.19. The van der Waals surface area contributed by atoms with Gasteiger partial charge in [-0.25, -0.2) is 0 Å². The van der Waals surface area contributed by atoms with E-state index in [-0.39, 0.29) is 5.60 Å². The molecule has 1 aliphatic heterocycles. The lowest BCUT2D eigenvalue weighted by Crippen LogP contribution is -2.44. The Balaban J connectivity index is 1.78. The normalized spacial score (nSPS) is 29.4. The van der Waals surface area contributed by atoms with Crippen molar-refractivity contribution >= 4 is 0 Å². The molecule has 1 saturated carbocycles. The summed E-state index contributed by atoms with van der Waals surface area (Å²) in [4.78, 5) is 0. The largest absolute Gasteiger partial charge is 0.378 e. The van der Waals surface area contributed by atoms with Gasteiger partial charge in [0.15, 0.2) is 0 Å². The first kappa shape index (κ1) is 12.3. The van der Waals surface area contributed by atoms with Gasteiger partial charge in [0.05, 0.1) is 11.7 Å². The number of hydrogen-bond donors (Lipinski definition) is 1. The second-order valence-corrected chi connectivity index (χ2v) is 5.22. The van der Waals surface area contributed by atoms with Crippen LogP contribution in [0, 0.1) is 0 Å². The summed E-state index contributed by atoms with van der Waals surface area (Å²) in [6.07, 6.45) is 10.1. The molecule has 94 valence electrons. The average Bonchev–Trinajstić information content (AvgIpc) is 2.31. The summed E-state index contributed by atoms with van der Waals surface area (Å²) in [5.74, 6) is 0. The van der Waals surface area contributed by atoms with Crippen LogP contribution in [0.3, 0.4) is 0 Å². The molecule has 1 heterocycles. The van der Waals surface area contributed by atoms with E-state index in [2.05, 4.69) is 0 Å². The summed E-state index contributed by atoms with van der Waals surface area (Å²) in [5, 5.41) is 0. The van der Waals surface area contributed by atoms with Gasteiger partial charge in [-0.2, -0.15) is 0 Å². The molecule has 0 aromatic carbocycles. The Bertz CT molecular complexity index is 197. The minimum absolute atomic E-state index is 0.171. The van der Waals surface area contributed by atoms with Crippen molar-refractivity contribution in [2.45, 2.75) is 63.1 Å². The lowest BCUT2D eigenvalue weighted by Gasteiger charge is -2.43. The molecule has 0 bridgehead atoms. The van der Waals surface area contributed by atoms with Gasteiger partial charge in [-0.1, -0.05) is 19.3 Å². The van der Waals surface area contributed by atoms with Crippen LogP contribution in [0.2, 0.25) is 0 Å². The molecule has 0 aromatic rings. The van der Waals surface area contributed by atoms with E-state index in [0.717, 1.165) is 39.0 Å². The standard InChI is InChI=1S/C13H25NO2/c14-8-4-9-15-12-5-10-16-13(11-12)6-2-1-3-7-13/h12H,1-11,14H2. The second kappa shape index (κ2) is 5.99. The van der Waals surface area contributed by atoms with Crippen molar-refractivity contribution in [2.75, 3.05) is 19.8 Å². The summed E-state index contributed by atoms with van der Waals surface area (Å²) < 4.78 is 11.9. The molecule has 1 aliphatic carbocycles. The highest BCUT2D eigenvalue weighted by molar-refractivity contribution is 4.90. The van der Waals surface area contributed by atoms with E-state index < -0.39 is 0 Å². The van der Waals surface area contributed by atoms with Gasteiger partial charge in [0, 0.05) is 19.6 Å². The third-order valence-electron chi connectivity index (χ3n) is 3.91. The number of nitrogens with two attached hydrogens (primary N) is 1. The van der Waals surface area contributed by atoms with Crippen molar-refractivity contribution in [3.05, 3.63) is 0 Å². The van der Waals surface area contributed by atoms with E-state index in [9.17, 15) is 0 Å². The molecule has 2 aliphatic rings. The molecule has 1 spiro atoms. The first-order chi connectivity index (χ1) is 7.85. The van der Waals surface area contributed by atoms with E-state index in [1.165, 1.54) is 32.1 Å². The molecule has 0 aromatic heterocycles. The van der Waals surface area contributed by atoms with Crippen molar-refractivity contribution in [3.8, 4) is 0 Å². The molecule has 2 N–H and O–H groups in total. The Morgan fingerprint density at radius 2 is 2.06 bits per heavy atom. The zero-order valence-corrected chi connectivity index (χ0v) is 10.2. The first-order valence-corrected chi connectivity index (χ1v) is 6.80. The van der Waals surface area contributed by atoms with Crippen LogP contribution in [0.4, 0.5) is 0 Å². The molecule has 0 radical (unpaired) electrons. The zero-order valence-electron chi connectivity index (χ0n) is 10.2. The maximum atomic E-state index is 6.04. The van der Waals surface area contributed by atoms with Gasteiger partial charge in [-0.3, -0.25) is 0 Å². The maximum Gasteiger partial charge on any atom is 0.0707 e. The highest BCUT2D eigenvalue weighted by atomic mass is 16.5. The molecule has 1 unspecified atom stereocenters. The van der Waals surface area contributed by atoms with E-state index >= 15 is 0 Å². The molecule has 16 heavy (non-hydrogen) atoms. The summed E-state index contributed by atoms with van der Waals surface area (Å²) in [6, 6.07) is 0. The average molecular weight is 227 g/mol. The van der Waals surface area contributed by atoms with Crippen LogP contribution in [0.25, 0.3) is 0 Å². The van der Waals surface area contributed by atoms with Gasteiger partial charge >= 0.3 is 0 Å². The topological polar surface area (TPSA) is 44.5 Å². The van der Waals surface area contributed by atoms with Gasteiger partial charge < -0.3 is 15.2 Å². The Hall–Kier alpha value is -0.120.